The Labute approximate surface area is 136 Å². The Morgan fingerprint density at radius 3 is 2.70 bits per heavy atom. The summed E-state index contributed by atoms with van der Waals surface area (Å²) >= 11 is 0. The van der Waals surface area contributed by atoms with Crippen molar-refractivity contribution in [3.05, 3.63) is 29.3 Å². The summed E-state index contributed by atoms with van der Waals surface area (Å²) in [6.45, 7) is 8.74. The van der Waals surface area contributed by atoms with E-state index in [1.165, 1.54) is 0 Å². The molecule has 2 saturated heterocycles. The molecule has 1 aromatic carbocycles. The van der Waals surface area contributed by atoms with Crippen molar-refractivity contribution in [2.45, 2.75) is 38.8 Å². The molecule has 3 rings (SSSR count). The lowest BCUT2D eigenvalue weighted by Crippen LogP contribution is -2.27. The Kier molecular flexibility index (Phi) is 4.10. The van der Waals surface area contributed by atoms with Crippen molar-refractivity contribution in [2.24, 2.45) is 11.8 Å². The average molecular weight is 319 g/mol. The molecule has 1 aromatic rings. The molecular formula is C18H25NO4. The van der Waals surface area contributed by atoms with Crippen LogP contribution in [0.5, 0.6) is 5.75 Å². The van der Waals surface area contributed by atoms with Crippen LogP contribution in [0.25, 0.3) is 0 Å². The normalized spacial score (nSPS) is 28.0. The number of aromatic hydroxyl groups is 1. The molecule has 5 heteroatoms. The van der Waals surface area contributed by atoms with E-state index in [1.807, 2.05) is 12.1 Å². The number of carboxylic acid groups (broad SMARTS) is 1. The first-order valence-electron chi connectivity index (χ1n) is 8.15. The second-order valence-corrected chi connectivity index (χ2v) is 7.77. The van der Waals surface area contributed by atoms with Crippen molar-refractivity contribution >= 4 is 5.97 Å². The van der Waals surface area contributed by atoms with Gasteiger partial charge in [-0.15, -0.1) is 0 Å². The van der Waals surface area contributed by atoms with Crippen molar-refractivity contribution in [3.63, 3.8) is 0 Å². The highest BCUT2D eigenvalue weighted by Gasteiger charge is 2.46. The lowest BCUT2D eigenvalue weighted by atomic mass is 9.86. The van der Waals surface area contributed by atoms with Gasteiger partial charge in [0.15, 0.2) is 0 Å². The number of nitrogens with zero attached hydrogens (tertiary/aromatic N) is 1. The number of phenolic OH excluding ortho intramolecular Hbond substituents is 1. The highest BCUT2D eigenvalue weighted by atomic mass is 16.5. The van der Waals surface area contributed by atoms with Gasteiger partial charge in [0.25, 0.3) is 0 Å². The van der Waals surface area contributed by atoms with Gasteiger partial charge in [-0.25, -0.2) is 0 Å². The lowest BCUT2D eigenvalue weighted by molar-refractivity contribution is -0.142. The van der Waals surface area contributed by atoms with Crippen LogP contribution < -0.4 is 0 Å². The first kappa shape index (κ1) is 16.3. The number of benzene rings is 1. The number of hydrogen-bond acceptors (Lipinski definition) is 4. The van der Waals surface area contributed by atoms with Crippen LogP contribution in [0, 0.1) is 11.8 Å². The van der Waals surface area contributed by atoms with Gasteiger partial charge in [0.2, 0.25) is 0 Å². The molecule has 0 radical (unpaired) electrons. The summed E-state index contributed by atoms with van der Waals surface area (Å²) in [5.41, 5.74) is 1.99. The summed E-state index contributed by atoms with van der Waals surface area (Å²) < 4.78 is 5.63. The zero-order valence-corrected chi connectivity index (χ0v) is 14.0. The van der Waals surface area contributed by atoms with Crippen molar-refractivity contribution in [1.29, 1.82) is 0 Å². The predicted molar refractivity (Wildman–Crippen MR) is 86.4 cm³/mol. The molecule has 2 heterocycles. The number of carbonyl (C=O) groups is 1. The molecule has 3 atom stereocenters. The van der Waals surface area contributed by atoms with Crippen LogP contribution in [-0.2, 0) is 21.5 Å². The molecular weight excluding hydrogens is 294 g/mol. The summed E-state index contributed by atoms with van der Waals surface area (Å²) in [4.78, 5) is 13.4. The van der Waals surface area contributed by atoms with Gasteiger partial charge in [0.05, 0.1) is 18.6 Å². The van der Waals surface area contributed by atoms with Gasteiger partial charge in [-0.2, -0.15) is 0 Å². The summed E-state index contributed by atoms with van der Waals surface area (Å²) in [5.74, 6) is -0.799. The van der Waals surface area contributed by atoms with E-state index in [1.54, 1.807) is 0 Å². The fourth-order valence-electron chi connectivity index (χ4n) is 3.58. The van der Waals surface area contributed by atoms with Crippen molar-refractivity contribution in [1.82, 2.24) is 4.90 Å². The number of rotatable bonds is 3. The molecule has 23 heavy (non-hydrogen) atoms. The monoisotopic (exact) mass is 319 g/mol. The summed E-state index contributed by atoms with van der Waals surface area (Å²) in [6.07, 6.45) is 0.00657. The fourth-order valence-corrected chi connectivity index (χ4v) is 3.58. The Morgan fingerprint density at radius 1 is 1.35 bits per heavy atom. The van der Waals surface area contributed by atoms with Crippen LogP contribution in [0.1, 0.15) is 31.9 Å². The molecule has 2 N–H and O–H groups in total. The van der Waals surface area contributed by atoms with E-state index in [0.717, 1.165) is 17.7 Å². The van der Waals surface area contributed by atoms with E-state index in [9.17, 15) is 15.0 Å². The van der Waals surface area contributed by atoms with Gasteiger partial charge in [-0.05, 0) is 17.0 Å². The molecule has 2 aliphatic rings. The SMILES string of the molecule is CC(C)(C)c1ccc(CN2C[C@@H]3[C@H](C2)OC[C@@H]3C(=O)O)c(O)c1. The minimum Gasteiger partial charge on any atom is -0.508 e. The van der Waals surface area contributed by atoms with E-state index in [-0.39, 0.29) is 17.4 Å². The Balaban J connectivity index is 1.68. The summed E-state index contributed by atoms with van der Waals surface area (Å²) in [5, 5.41) is 19.6. The highest BCUT2D eigenvalue weighted by molar-refractivity contribution is 5.71. The van der Waals surface area contributed by atoms with Crippen molar-refractivity contribution in [3.8, 4) is 5.75 Å². The molecule has 5 nitrogen and oxygen atoms in total. The predicted octanol–water partition coefficient (Wildman–Crippen LogP) is 2.22. The zero-order chi connectivity index (χ0) is 16.8. The van der Waals surface area contributed by atoms with Crippen LogP contribution in [-0.4, -0.2) is 46.9 Å². The Morgan fingerprint density at radius 2 is 2.09 bits per heavy atom. The molecule has 2 fully saturated rings. The number of phenols is 1. The average Bonchev–Trinajstić information content (AvgIpc) is 2.99. The molecule has 0 unspecified atom stereocenters. The Bertz CT molecular complexity index is 608. The number of carboxylic acids is 1. The number of likely N-dealkylation sites (tertiary alicyclic amines) is 1. The number of aliphatic carboxylic acids is 1. The fraction of sp³-hybridized carbons (Fsp3) is 0.611. The maximum absolute atomic E-state index is 11.3. The zero-order valence-electron chi connectivity index (χ0n) is 14.0. The van der Waals surface area contributed by atoms with E-state index in [2.05, 4.69) is 31.7 Å². The van der Waals surface area contributed by atoms with E-state index in [4.69, 9.17) is 4.74 Å². The minimum atomic E-state index is -0.767. The van der Waals surface area contributed by atoms with Gasteiger partial charge in [-0.1, -0.05) is 32.9 Å². The van der Waals surface area contributed by atoms with Crippen molar-refractivity contribution in [2.75, 3.05) is 19.7 Å². The minimum absolute atomic E-state index is 0.00320. The largest absolute Gasteiger partial charge is 0.508 e. The van der Waals surface area contributed by atoms with Gasteiger partial charge >= 0.3 is 5.97 Å². The van der Waals surface area contributed by atoms with Gasteiger partial charge in [0.1, 0.15) is 5.75 Å². The van der Waals surface area contributed by atoms with Crippen LogP contribution in [0.4, 0.5) is 0 Å². The molecule has 126 valence electrons. The number of ether oxygens (including phenoxy) is 1. The topological polar surface area (TPSA) is 70.0 Å². The standard InChI is InChI=1S/C18H25NO4/c1-18(2,3)12-5-4-11(15(20)6-12)7-19-8-13-14(17(21)22)10-23-16(13)9-19/h4-6,13-14,16,20H,7-10H2,1-3H3,(H,21,22)/t13-,14-,16-/m0/s1. The van der Waals surface area contributed by atoms with E-state index >= 15 is 0 Å². The smallest absolute Gasteiger partial charge is 0.309 e. The van der Waals surface area contributed by atoms with Crippen LogP contribution in [0.2, 0.25) is 0 Å². The third-order valence-corrected chi connectivity index (χ3v) is 5.05. The van der Waals surface area contributed by atoms with Crippen LogP contribution >= 0.6 is 0 Å². The van der Waals surface area contributed by atoms with E-state index in [0.29, 0.717) is 25.4 Å². The van der Waals surface area contributed by atoms with Gasteiger partial charge in [-0.3, -0.25) is 9.69 Å². The number of fused-ring (bicyclic) bond motifs is 1. The molecule has 0 saturated carbocycles. The third kappa shape index (κ3) is 3.21. The maximum Gasteiger partial charge on any atom is 0.309 e. The van der Waals surface area contributed by atoms with E-state index < -0.39 is 11.9 Å². The van der Waals surface area contributed by atoms with Gasteiger partial charge in [0, 0.05) is 31.1 Å². The molecule has 0 spiro atoms. The molecule has 0 aliphatic carbocycles. The first-order chi connectivity index (χ1) is 10.8. The lowest BCUT2D eigenvalue weighted by Gasteiger charge is -2.22. The Hall–Kier alpha value is -1.59. The van der Waals surface area contributed by atoms with Crippen molar-refractivity contribution < 1.29 is 19.7 Å². The number of hydrogen-bond donors (Lipinski definition) is 2. The molecule has 2 aliphatic heterocycles. The van der Waals surface area contributed by atoms with Crippen LogP contribution in [0.3, 0.4) is 0 Å². The maximum atomic E-state index is 11.3. The second-order valence-electron chi connectivity index (χ2n) is 7.77. The first-order valence-corrected chi connectivity index (χ1v) is 8.15. The quantitative estimate of drug-likeness (QED) is 0.894. The molecule has 0 amide bonds. The molecule has 0 aromatic heterocycles. The highest BCUT2D eigenvalue weighted by Crippen LogP contribution is 2.35. The second kappa shape index (κ2) is 5.80. The molecule has 0 bridgehead atoms. The van der Waals surface area contributed by atoms with Gasteiger partial charge < -0.3 is 14.9 Å². The summed E-state index contributed by atoms with van der Waals surface area (Å²) in [6, 6.07) is 5.87. The van der Waals surface area contributed by atoms with Crippen LogP contribution in [0.15, 0.2) is 18.2 Å². The third-order valence-electron chi connectivity index (χ3n) is 5.05. The summed E-state index contributed by atoms with van der Waals surface area (Å²) in [7, 11) is 0.